The van der Waals surface area contributed by atoms with Gasteiger partial charge < -0.3 is 9.47 Å². The van der Waals surface area contributed by atoms with Crippen molar-refractivity contribution in [3.8, 4) is 11.6 Å². The summed E-state index contributed by atoms with van der Waals surface area (Å²) in [4.78, 5) is 8.44. The van der Waals surface area contributed by atoms with E-state index in [1.807, 2.05) is 50.2 Å². The van der Waals surface area contributed by atoms with Gasteiger partial charge in [-0.15, -0.1) is 0 Å². The Labute approximate surface area is 146 Å². The van der Waals surface area contributed by atoms with Crippen molar-refractivity contribution in [2.24, 2.45) is 0 Å². The third-order valence-corrected chi connectivity index (χ3v) is 3.92. The lowest BCUT2D eigenvalue weighted by molar-refractivity contribution is 0.242. The number of fused-ring (bicyclic) bond motifs is 1. The van der Waals surface area contributed by atoms with Gasteiger partial charge in [-0.05, 0) is 49.2 Å². The fourth-order valence-corrected chi connectivity index (χ4v) is 2.95. The van der Waals surface area contributed by atoms with Gasteiger partial charge in [0.1, 0.15) is 12.1 Å². The Bertz CT molecular complexity index is 823. The summed E-state index contributed by atoms with van der Waals surface area (Å²) >= 11 is 6.03. The van der Waals surface area contributed by atoms with Gasteiger partial charge in [0.05, 0.1) is 24.1 Å². The van der Waals surface area contributed by atoms with Crippen LogP contribution in [-0.2, 0) is 0 Å². The zero-order valence-electron chi connectivity index (χ0n) is 13.8. The molecule has 0 unspecified atom stereocenters. The number of halogens is 1. The van der Waals surface area contributed by atoms with E-state index in [0.29, 0.717) is 19.1 Å². The quantitative estimate of drug-likeness (QED) is 0.606. The zero-order valence-corrected chi connectivity index (χ0v) is 14.5. The van der Waals surface area contributed by atoms with Crippen LogP contribution in [0.3, 0.4) is 0 Å². The Morgan fingerprint density at radius 2 is 1.67 bits per heavy atom. The van der Waals surface area contributed by atoms with Crippen molar-refractivity contribution >= 4 is 22.5 Å². The highest BCUT2D eigenvalue weighted by molar-refractivity contribution is 6.30. The highest BCUT2D eigenvalue weighted by Crippen LogP contribution is 2.27. The van der Waals surface area contributed by atoms with E-state index < -0.39 is 0 Å². The lowest BCUT2D eigenvalue weighted by atomic mass is 10.1. The Hall–Kier alpha value is -2.33. The Kier molecular flexibility index (Phi) is 5.16. The van der Waals surface area contributed by atoms with Crippen molar-refractivity contribution in [2.75, 3.05) is 13.2 Å². The van der Waals surface area contributed by atoms with Gasteiger partial charge in [0.25, 0.3) is 0 Å². The number of rotatable bonds is 6. The highest BCUT2D eigenvalue weighted by atomic mass is 35.5. The number of hydrogen-bond acceptors (Lipinski definition) is 4. The SMILES string of the molecule is Cc1cc(Cl)cc(C)c1OCCCOc1ncnc2ccccc12. The number of ether oxygens (including phenoxy) is 2. The van der Waals surface area contributed by atoms with Crippen molar-refractivity contribution in [3.05, 3.63) is 58.9 Å². The summed E-state index contributed by atoms with van der Waals surface area (Å²) in [6, 6.07) is 11.6. The van der Waals surface area contributed by atoms with E-state index in [4.69, 9.17) is 21.1 Å². The summed E-state index contributed by atoms with van der Waals surface area (Å²) in [7, 11) is 0. The van der Waals surface area contributed by atoms with Crippen molar-refractivity contribution in [1.82, 2.24) is 9.97 Å². The van der Waals surface area contributed by atoms with Crippen molar-refractivity contribution < 1.29 is 9.47 Å². The maximum Gasteiger partial charge on any atom is 0.224 e. The number of para-hydroxylation sites is 1. The minimum absolute atomic E-state index is 0.534. The van der Waals surface area contributed by atoms with Crippen LogP contribution < -0.4 is 9.47 Å². The lowest BCUT2D eigenvalue weighted by Crippen LogP contribution is -2.07. The molecule has 1 heterocycles. The molecule has 0 aliphatic rings. The molecular formula is C19H19ClN2O2. The molecule has 0 radical (unpaired) electrons. The molecule has 3 rings (SSSR count). The fraction of sp³-hybridized carbons (Fsp3) is 0.263. The predicted octanol–water partition coefficient (Wildman–Crippen LogP) is 4.75. The van der Waals surface area contributed by atoms with Gasteiger partial charge in [-0.2, -0.15) is 0 Å². The Morgan fingerprint density at radius 1 is 0.958 bits per heavy atom. The molecule has 2 aromatic carbocycles. The average molecular weight is 343 g/mol. The second kappa shape index (κ2) is 7.49. The van der Waals surface area contributed by atoms with Crippen LogP contribution in [0.1, 0.15) is 17.5 Å². The fourth-order valence-electron chi connectivity index (χ4n) is 2.62. The van der Waals surface area contributed by atoms with E-state index in [0.717, 1.165) is 39.2 Å². The first-order chi connectivity index (χ1) is 11.6. The zero-order chi connectivity index (χ0) is 16.9. The normalized spacial score (nSPS) is 10.8. The predicted molar refractivity (Wildman–Crippen MR) is 96.1 cm³/mol. The molecule has 0 N–H and O–H groups in total. The molecule has 0 atom stereocenters. The maximum absolute atomic E-state index is 6.03. The number of nitrogens with zero attached hydrogens (tertiary/aromatic N) is 2. The van der Waals surface area contributed by atoms with Crippen LogP contribution in [0.4, 0.5) is 0 Å². The van der Waals surface area contributed by atoms with Gasteiger partial charge in [0.15, 0.2) is 0 Å². The first-order valence-corrected chi connectivity index (χ1v) is 8.25. The largest absolute Gasteiger partial charge is 0.493 e. The smallest absolute Gasteiger partial charge is 0.224 e. The third kappa shape index (κ3) is 3.77. The van der Waals surface area contributed by atoms with E-state index in [1.165, 1.54) is 6.33 Å². The van der Waals surface area contributed by atoms with Crippen molar-refractivity contribution in [1.29, 1.82) is 0 Å². The number of aromatic nitrogens is 2. The molecule has 0 bridgehead atoms. The van der Waals surface area contributed by atoms with Crippen LogP contribution in [0.15, 0.2) is 42.7 Å². The molecule has 0 aliphatic carbocycles. The Balaban J connectivity index is 1.54. The second-order valence-electron chi connectivity index (χ2n) is 5.62. The van der Waals surface area contributed by atoms with E-state index in [-0.39, 0.29) is 0 Å². The lowest BCUT2D eigenvalue weighted by Gasteiger charge is -2.13. The molecule has 1 aromatic heterocycles. The van der Waals surface area contributed by atoms with E-state index in [2.05, 4.69) is 9.97 Å². The second-order valence-corrected chi connectivity index (χ2v) is 6.05. The van der Waals surface area contributed by atoms with Crippen molar-refractivity contribution in [2.45, 2.75) is 20.3 Å². The summed E-state index contributed by atoms with van der Waals surface area (Å²) < 4.78 is 11.7. The highest BCUT2D eigenvalue weighted by Gasteiger charge is 2.07. The monoisotopic (exact) mass is 342 g/mol. The summed E-state index contributed by atoms with van der Waals surface area (Å²) in [5.41, 5.74) is 2.97. The van der Waals surface area contributed by atoms with Crippen LogP contribution in [0, 0.1) is 13.8 Å². The van der Waals surface area contributed by atoms with Crippen LogP contribution in [0.5, 0.6) is 11.6 Å². The minimum Gasteiger partial charge on any atom is -0.493 e. The summed E-state index contributed by atoms with van der Waals surface area (Å²) in [5.74, 6) is 1.51. The van der Waals surface area contributed by atoms with E-state index >= 15 is 0 Å². The first-order valence-electron chi connectivity index (χ1n) is 7.87. The Morgan fingerprint density at radius 3 is 2.46 bits per heavy atom. The van der Waals surface area contributed by atoms with Gasteiger partial charge in [-0.1, -0.05) is 23.7 Å². The minimum atomic E-state index is 0.534. The third-order valence-electron chi connectivity index (χ3n) is 3.71. The molecule has 3 aromatic rings. The average Bonchev–Trinajstić information content (AvgIpc) is 2.56. The molecule has 24 heavy (non-hydrogen) atoms. The first kappa shape index (κ1) is 16.5. The molecule has 4 nitrogen and oxygen atoms in total. The molecule has 0 fully saturated rings. The molecular weight excluding hydrogens is 324 g/mol. The molecule has 0 aliphatic heterocycles. The molecule has 0 spiro atoms. The van der Waals surface area contributed by atoms with Gasteiger partial charge >= 0.3 is 0 Å². The standard InChI is InChI=1S/C19H19ClN2O2/c1-13-10-15(20)11-14(2)18(13)23-8-5-9-24-19-16-6-3-4-7-17(16)21-12-22-19/h3-4,6-7,10-12H,5,8-9H2,1-2H3. The summed E-state index contributed by atoms with van der Waals surface area (Å²) in [6.07, 6.45) is 2.29. The summed E-state index contributed by atoms with van der Waals surface area (Å²) in [6.45, 7) is 5.11. The van der Waals surface area contributed by atoms with Gasteiger partial charge in [0.2, 0.25) is 5.88 Å². The summed E-state index contributed by atoms with van der Waals surface area (Å²) in [5, 5.41) is 1.65. The molecule has 0 saturated carbocycles. The maximum atomic E-state index is 6.03. The van der Waals surface area contributed by atoms with Gasteiger partial charge in [-0.3, -0.25) is 0 Å². The number of benzene rings is 2. The van der Waals surface area contributed by atoms with Crippen molar-refractivity contribution in [3.63, 3.8) is 0 Å². The van der Waals surface area contributed by atoms with Crippen LogP contribution in [-0.4, -0.2) is 23.2 Å². The molecule has 124 valence electrons. The molecule has 0 saturated heterocycles. The molecule has 5 heteroatoms. The van der Waals surface area contributed by atoms with E-state index in [9.17, 15) is 0 Å². The van der Waals surface area contributed by atoms with Crippen LogP contribution >= 0.6 is 11.6 Å². The van der Waals surface area contributed by atoms with Gasteiger partial charge in [-0.25, -0.2) is 9.97 Å². The topological polar surface area (TPSA) is 44.2 Å². The number of aryl methyl sites for hydroxylation is 2. The van der Waals surface area contributed by atoms with E-state index in [1.54, 1.807) is 0 Å². The molecule has 0 amide bonds. The van der Waals surface area contributed by atoms with Crippen LogP contribution in [0.25, 0.3) is 10.9 Å². The van der Waals surface area contributed by atoms with Gasteiger partial charge in [0, 0.05) is 11.4 Å². The number of hydrogen-bond donors (Lipinski definition) is 0. The van der Waals surface area contributed by atoms with Crippen LogP contribution in [0.2, 0.25) is 5.02 Å².